The van der Waals surface area contributed by atoms with E-state index in [-0.39, 0.29) is 5.91 Å². The van der Waals surface area contributed by atoms with Crippen LogP contribution in [-0.2, 0) is 0 Å². The zero-order valence-electron chi connectivity index (χ0n) is 9.82. The Kier molecular flexibility index (Phi) is 5.78. The molecule has 4 heteroatoms. The zero-order chi connectivity index (χ0) is 11.8. The van der Waals surface area contributed by atoms with Crippen molar-refractivity contribution >= 4 is 23.0 Å². The minimum atomic E-state index is -0.113. The third kappa shape index (κ3) is 4.14. The highest BCUT2D eigenvalue weighted by atomic mass is 32.1. The molecule has 0 unspecified atom stereocenters. The van der Waals surface area contributed by atoms with E-state index in [0.717, 1.165) is 31.4 Å². The van der Waals surface area contributed by atoms with Crippen LogP contribution >= 0.6 is 11.3 Å². The van der Waals surface area contributed by atoms with Crippen molar-refractivity contribution in [3.8, 4) is 0 Å². The Labute approximate surface area is 101 Å². The van der Waals surface area contributed by atoms with Crippen LogP contribution in [0.4, 0.5) is 0 Å². The van der Waals surface area contributed by atoms with E-state index >= 15 is 0 Å². The predicted molar refractivity (Wildman–Crippen MR) is 69.0 cm³/mol. The number of unbranched alkanes of at least 4 members (excludes halogenated alkanes) is 1. The van der Waals surface area contributed by atoms with Crippen LogP contribution in [0.3, 0.4) is 0 Å². The van der Waals surface area contributed by atoms with Crippen molar-refractivity contribution in [1.82, 2.24) is 5.43 Å². The van der Waals surface area contributed by atoms with Crippen LogP contribution in [0.5, 0.6) is 0 Å². The second-order valence-corrected chi connectivity index (χ2v) is 4.50. The molecular weight excluding hydrogens is 220 g/mol. The van der Waals surface area contributed by atoms with Crippen LogP contribution in [-0.4, -0.2) is 11.6 Å². The molecule has 0 spiro atoms. The molecule has 0 saturated heterocycles. The fourth-order valence-electron chi connectivity index (χ4n) is 1.29. The molecule has 0 fully saturated rings. The Balaban J connectivity index is 2.47. The Bertz CT molecular complexity index is 344. The van der Waals surface area contributed by atoms with Crippen molar-refractivity contribution in [2.45, 2.75) is 39.5 Å². The van der Waals surface area contributed by atoms with Gasteiger partial charge in [-0.1, -0.05) is 26.3 Å². The van der Waals surface area contributed by atoms with Crippen molar-refractivity contribution in [2.75, 3.05) is 0 Å². The van der Waals surface area contributed by atoms with E-state index in [1.807, 2.05) is 11.4 Å². The number of hydrogen-bond acceptors (Lipinski definition) is 3. The molecule has 0 saturated carbocycles. The molecule has 0 atom stereocenters. The number of amides is 1. The van der Waals surface area contributed by atoms with Crippen LogP contribution in [0.25, 0.3) is 0 Å². The number of hydrogen-bond donors (Lipinski definition) is 1. The molecule has 0 aliphatic heterocycles. The summed E-state index contributed by atoms with van der Waals surface area (Å²) in [5.74, 6) is -0.113. The number of hydrazone groups is 1. The van der Waals surface area contributed by atoms with Crippen LogP contribution in [0, 0.1) is 0 Å². The van der Waals surface area contributed by atoms with E-state index in [0.29, 0.717) is 4.88 Å². The largest absolute Gasteiger partial charge is 0.281 e. The van der Waals surface area contributed by atoms with E-state index in [1.165, 1.54) is 11.3 Å². The zero-order valence-corrected chi connectivity index (χ0v) is 10.6. The summed E-state index contributed by atoms with van der Waals surface area (Å²) in [7, 11) is 0. The van der Waals surface area contributed by atoms with Gasteiger partial charge >= 0.3 is 0 Å². The number of thiophene rings is 1. The van der Waals surface area contributed by atoms with E-state index < -0.39 is 0 Å². The SMILES string of the molecule is CCCC/C(CC)=N/NC(=O)c1cccs1. The minimum Gasteiger partial charge on any atom is -0.266 e. The van der Waals surface area contributed by atoms with Crippen LogP contribution in [0.1, 0.15) is 49.2 Å². The average molecular weight is 238 g/mol. The molecular formula is C12H18N2OS. The molecule has 1 N–H and O–H groups in total. The third-order valence-electron chi connectivity index (χ3n) is 2.29. The second kappa shape index (κ2) is 7.17. The molecule has 0 aliphatic carbocycles. The van der Waals surface area contributed by atoms with Gasteiger partial charge in [0.25, 0.3) is 5.91 Å². The van der Waals surface area contributed by atoms with Gasteiger partial charge in [0.2, 0.25) is 0 Å². The fraction of sp³-hybridized carbons (Fsp3) is 0.500. The van der Waals surface area contributed by atoms with Gasteiger partial charge in [-0.05, 0) is 30.7 Å². The maximum absolute atomic E-state index is 11.6. The van der Waals surface area contributed by atoms with Crippen LogP contribution < -0.4 is 5.43 Å². The van der Waals surface area contributed by atoms with Gasteiger partial charge in [0.1, 0.15) is 0 Å². The Morgan fingerprint density at radius 2 is 2.31 bits per heavy atom. The topological polar surface area (TPSA) is 41.5 Å². The number of carbonyl (C=O) groups is 1. The first kappa shape index (κ1) is 12.9. The monoisotopic (exact) mass is 238 g/mol. The normalized spacial score (nSPS) is 11.5. The molecule has 0 aromatic carbocycles. The van der Waals surface area contributed by atoms with Gasteiger partial charge < -0.3 is 0 Å². The summed E-state index contributed by atoms with van der Waals surface area (Å²) in [5, 5.41) is 6.04. The van der Waals surface area contributed by atoms with Gasteiger partial charge in [-0.25, -0.2) is 5.43 Å². The molecule has 1 rings (SSSR count). The lowest BCUT2D eigenvalue weighted by molar-refractivity contribution is 0.0958. The lowest BCUT2D eigenvalue weighted by atomic mass is 10.1. The van der Waals surface area contributed by atoms with Gasteiger partial charge in [0, 0.05) is 5.71 Å². The summed E-state index contributed by atoms with van der Waals surface area (Å²) >= 11 is 1.43. The van der Waals surface area contributed by atoms with Gasteiger partial charge in [0.05, 0.1) is 4.88 Å². The van der Waals surface area contributed by atoms with Crippen LogP contribution in [0.2, 0.25) is 0 Å². The van der Waals surface area contributed by atoms with Crippen LogP contribution in [0.15, 0.2) is 22.6 Å². The number of carbonyl (C=O) groups excluding carboxylic acids is 1. The summed E-state index contributed by atoms with van der Waals surface area (Å²) in [6, 6.07) is 3.66. The first-order chi connectivity index (χ1) is 7.77. The smallest absolute Gasteiger partial charge is 0.266 e. The van der Waals surface area contributed by atoms with Crippen molar-refractivity contribution < 1.29 is 4.79 Å². The Morgan fingerprint density at radius 3 is 2.88 bits per heavy atom. The van der Waals surface area contributed by atoms with E-state index in [1.54, 1.807) is 6.07 Å². The second-order valence-electron chi connectivity index (χ2n) is 3.55. The third-order valence-corrected chi connectivity index (χ3v) is 3.16. The molecule has 1 aromatic rings. The summed E-state index contributed by atoms with van der Waals surface area (Å²) in [4.78, 5) is 12.3. The fourth-order valence-corrected chi connectivity index (χ4v) is 1.90. The molecule has 1 amide bonds. The predicted octanol–water partition coefficient (Wildman–Crippen LogP) is 3.43. The highest BCUT2D eigenvalue weighted by molar-refractivity contribution is 7.12. The van der Waals surface area contributed by atoms with Gasteiger partial charge in [-0.3, -0.25) is 4.79 Å². The van der Waals surface area contributed by atoms with E-state index in [4.69, 9.17) is 0 Å². The van der Waals surface area contributed by atoms with E-state index in [2.05, 4.69) is 24.4 Å². The lowest BCUT2D eigenvalue weighted by Crippen LogP contribution is -2.18. The molecule has 3 nitrogen and oxygen atoms in total. The average Bonchev–Trinajstić information content (AvgIpc) is 2.82. The maximum atomic E-state index is 11.6. The highest BCUT2D eigenvalue weighted by Crippen LogP contribution is 2.08. The molecule has 1 heterocycles. The summed E-state index contributed by atoms with van der Waals surface area (Å²) in [5.41, 5.74) is 3.67. The minimum absolute atomic E-state index is 0.113. The Morgan fingerprint density at radius 1 is 1.50 bits per heavy atom. The molecule has 1 aromatic heterocycles. The summed E-state index contributed by atoms with van der Waals surface area (Å²) < 4.78 is 0. The highest BCUT2D eigenvalue weighted by Gasteiger charge is 2.05. The van der Waals surface area contributed by atoms with Crippen molar-refractivity contribution in [2.24, 2.45) is 5.10 Å². The molecule has 0 radical (unpaired) electrons. The van der Waals surface area contributed by atoms with Gasteiger partial charge in [-0.15, -0.1) is 11.3 Å². The van der Waals surface area contributed by atoms with Gasteiger partial charge in [0.15, 0.2) is 0 Å². The van der Waals surface area contributed by atoms with Crippen molar-refractivity contribution in [1.29, 1.82) is 0 Å². The number of nitrogens with one attached hydrogen (secondary N) is 1. The molecule has 88 valence electrons. The number of rotatable bonds is 6. The van der Waals surface area contributed by atoms with Crippen molar-refractivity contribution in [3.05, 3.63) is 22.4 Å². The standard InChI is InChI=1S/C12H18N2OS/c1-3-5-7-10(4-2)13-14-12(15)11-8-6-9-16-11/h6,8-9H,3-5,7H2,1-2H3,(H,14,15)/b13-10+. The quantitative estimate of drug-likeness (QED) is 0.598. The summed E-state index contributed by atoms with van der Waals surface area (Å²) in [6.07, 6.45) is 4.14. The van der Waals surface area contributed by atoms with E-state index in [9.17, 15) is 4.79 Å². The molecule has 0 bridgehead atoms. The van der Waals surface area contributed by atoms with Gasteiger partial charge in [-0.2, -0.15) is 5.10 Å². The van der Waals surface area contributed by atoms with Crippen molar-refractivity contribution in [3.63, 3.8) is 0 Å². The number of nitrogens with zero attached hydrogens (tertiary/aromatic N) is 1. The molecule has 16 heavy (non-hydrogen) atoms. The first-order valence-corrected chi connectivity index (χ1v) is 6.55. The lowest BCUT2D eigenvalue weighted by Gasteiger charge is -2.03. The Hall–Kier alpha value is -1.16. The molecule has 0 aliphatic rings. The first-order valence-electron chi connectivity index (χ1n) is 5.67. The maximum Gasteiger partial charge on any atom is 0.281 e. The summed E-state index contributed by atoms with van der Waals surface area (Å²) in [6.45, 7) is 4.21.